The van der Waals surface area contributed by atoms with Crippen LogP contribution in [0.4, 0.5) is 4.39 Å². The highest BCUT2D eigenvalue weighted by Crippen LogP contribution is 2.36. The van der Waals surface area contributed by atoms with Crippen molar-refractivity contribution in [2.24, 2.45) is 0 Å². The molecule has 0 fully saturated rings. The molecular formula is C19H20FNO4. The minimum atomic E-state index is -0.589. The van der Waals surface area contributed by atoms with Gasteiger partial charge >= 0.3 is 5.97 Å². The van der Waals surface area contributed by atoms with Crippen molar-refractivity contribution in [1.29, 1.82) is 0 Å². The second-order valence-corrected chi connectivity index (χ2v) is 6.00. The van der Waals surface area contributed by atoms with Crippen LogP contribution in [0, 0.1) is 12.7 Å². The van der Waals surface area contributed by atoms with Gasteiger partial charge in [0.05, 0.1) is 13.2 Å². The zero-order chi connectivity index (χ0) is 18.0. The zero-order valence-corrected chi connectivity index (χ0v) is 14.2. The fourth-order valence-electron chi connectivity index (χ4n) is 2.93. The Labute approximate surface area is 145 Å². The van der Waals surface area contributed by atoms with Crippen LogP contribution in [0.5, 0.6) is 5.88 Å². The van der Waals surface area contributed by atoms with Gasteiger partial charge in [-0.3, -0.25) is 0 Å². The van der Waals surface area contributed by atoms with Gasteiger partial charge in [0.25, 0.3) is 0 Å². The van der Waals surface area contributed by atoms with E-state index in [1.807, 2.05) is 13.0 Å². The molecule has 1 aliphatic rings. The van der Waals surface area contributed by atoms with Gasteiger partial charge in [-0.2, -0.15) is 0 Å². The fraction of sp³-hybridized carbons (Fsp3) is 0.368. The first-order valence-corrected chi connectivity index (χ1v) is 8.28. The van der Waals surface area contributed by atoms with Crippen LogP contribution in [-0.2, 0) is 11.2 Å². The SMILES string of the molecule is CCOC(=O)c1cc(-c2ccc(C)cc2F)c2c(n1)OC(CO)CC2. The van der Waals surface area contributed by atoms with Crippen molar-refractivity contribution >= 4 is 5.97 Å². The Kier molecular flexibility index (Phi) is 4.99. The van der Waals surface area contributed by atoms with Crippen LogP contribution in [0.25, 0.3) is 11.1 Å². The maximum absolute atomic E-state index is 14.5. The van der Waals surface area contributed by atoms with Crippen LogP contribution in [0.2, 0.25) is 0 Å². The third-order valence-corrected chi connectivity index (χ3v) is 4.18. The van der Waals surface area contributed by atoms with Crippen molar-refractivity contribution < 1.29 is 23.8 Å². The van der Waals surface area contributed by atoms with Crippen molar-refractivity contribution in [3.05, 3.63) is 46.9 Å². The molecule has 0 saturated heterocycles. The summed E-state index contributed by atoms with van der Waals surface area (Å²) in [5, 5.41) is 9.34. The lowest BCUT2D eigenvalue weighted by Crippen LogP contribution is -2.27. The number of aromatic nitrogens is 1. The lowest BCUT2D eigenvalue weighted by molar-refractivity contribution is 0.0514. The normalized spacial score (nSPS) is 16.1. The number of esters is 1. The molecule has 0 bridgehead atoms. The first kappa shape index (κ1) is 17.4. The van der Waals surface area contributed by atoms with E-state index in [1.165, 1.54) is 6.07 Å². The number of fused-ring (bicyclic) bond motifs is 1. The number of rotatable bonds is 4. The summed E-state index contributed by atoms with van der Waals surface area (Å²) in [4.78, 5) is 16.4. The standard InChI is InChI=1S/C19H20FNO4/c1-3-24-19(23)17-9-15(13-6-4-11(2)8-16(13)20)14-7-5-12(10-22)25-18(14)21-17/h4,6,8-9,12,22H,3,5,7,10H2,1-2H3. The van der Waals surface area contributed by atoms with Crippen molar-refractivity contribution in [2.75, 3.05) is 13.2 Å². The van der Waals surface area contributed by atoms with E-state index in [0.717, 1.165) is 11.1 Å². The molecule has 132 valence electrons. The van der Waals surface area contributed by atoms with E-state index in [4.69, 9.17) is 9.47 Å². The van der Waals surface area contributed by atoms with Gasteiger partial charge in [-0.25, -0.2) is 14.2 Å². The Morgan fingerprint density at radius 2 is 2.20 bits per heavy atom. The summed E-state index contributed by atoms with van der Waals surface area (Å²) in [6, 6.07) is 6.50. The second kappa shape index (κ2) is 7.19. The third-order valence-electron chi connectivity index (χ3n) is 4.18. The Morgan fingerprint density at radius 3 is 2.88 bits per heavy atom. The highest BCUT2D eigenvalue weighted by Gasteiger charge is 2.27. The molecule has 0 amide bonds. The molecule has 6 heteroatoms. The number of aliphatic hydroxyl groups excluding tert-OH is 1. The average Bonchev–Trinajstić information content (AvgIpc) is 2.60. The molecule has 1 aromatic carbocycles. The van der Waals surface area contributed by atoms with Crippen LogP contribution in [0.15, 0.2) is 24.3 Å². The predicted molar refractivity (Wildman–Crippen MR) is 90.1 cm³/mol. The van der Waals surface area contributed by atoms with Gasteiger partial charge in [-0.05, 0) is 49.9 Å². The molecule has 1 unspecified atom stereocenters. The van der Waals surface area contributed by atoms with E-state index in [-0.39, 0.29) is 36.7 Å². The quantitative estimate of drug-likeness (QED) is 0.863. The molecule has 0 aliphatic carbocycles. The Bertz CT molecular complexity index is 806. The summed E-state index contributed by atoms with van der Waals surface area (Å²) in [6.07, 6.45) is 0.803. The molecule has 1 aliphatic heterocycles. The maximum Gasteiger partial charge on any atom is 0.357 e. The number of aliphatic hydroxyl groups is 1. The van der Waals surface area contributed by atoms with Crippen molar-refractivity contribution in [3.63, 3.8) is 0 Å². The van der Waals surface area contributed by atoms with Gasteiger partial charge in [0.1, 0.15) is 11.9 Å². The van der Waals surface area contributed by atoms with Crippen LogP contribution < -0.4 is 4.74 Å². The molecule has 2 heterocycles. The number of halogens is 1. The number of benzene rings is 1. The van der Waals surface area contributed by atoms with E-state index < -0.39 is 5.97 Å². The Hall–Kier alpha value is -2.47. The van der Waals surface area contributed by atoms with Crippen LogP contribution in [0.1, 0.15) is 35.0 Å². The van der Waals surface area contributed by atoms with E-state index in [0.29, 0.717) is 24.0 Å². The van der Waals surface area contributed by atoms with E-state index in [1.54, 1.807) is 19.1 Å². The van der Waals surface area contributed by atoms with Gasteiger partial charge in [0, 0.05) is 11.1 Å². The first-order valence-electron chi connectivity index (χ1n) is 8.28. The van der Waals surface area contributed by atoms with Gasteiger partial charge < -0.3 is 14.6 Å². The number of aryl methyl sites for hydroxylation is 1. The highest BCUT2D eigenvalue weighted by atomic mass is 19.1. The number of hydrogen-bond donors (Lipinski definition) is 1. The number of carbonyl (C=O) groups excluding carboxylic acids is 1. The Balaban J connectivity index is 2.15. The topological polar surface area (TPSA) is 68.7 Å². The summed E-state index contributed by atoms with van der Waals surface area (Å²) in [6.45, 7) is 3.59. The highest BCUT2D eigenvalue weighted by molar-refractivity contribution is 5.90. The van der Waals surface area contributed by atoms with Gasteiger partial charge in [-0.15, -0.1) is 0 Å². The molecule has 0 radical (unpaired) electrons. The number of pyridine rings is 1. The first-order chi connectivity index (χ1) is 12.0. The molecule has 1 aromatic heterocycles. The molecular weight excluding hydrogens is 325 g/mol. The average molecular weight is 345 g/mol. The van der Waals surface area contributed by atoms with Crippen LogP contribution in [-0.4, -0.2) is 35.4 Å². The molecule has 0 spiro atoms. The minimum Gasteiger partial charge on any atom is -0.472 e. The van der Waals surface area contributed by atoms with Crippen molar-refractivity contribution in [1.82, 2.24) is 4.98 Å². The summed E-state index contributed by atoms with van der Waals surface area (Å²) in [7, 11) is 0. The molecule has 1 atom stereocenters. The molecule has 5 nitrogen and oxygen atoms in total. The number of nitrogens with zero attached hydrogens (tertiary/aromatic N) is 1. The fourth-order valence-corrected chi connectivity index (χ4v) is 2.93. The van der Waals surface area contributed by atoms with Gasteiger partial charge in [-0.1, -0.05) is 12.1 Å². The number of hydrogen-bond acceptors (Lipinski definition) is 5. The zero-order valence-electron chi connectivity index (χ0n) is 14.2. The lowest BCUT2D eigenvalue weighted by atomic mass is 9.93. The number of ether oxygens (including phenoxy) is 2. The van der Waals surface area contributed by atoms with Crippen LogP contribution >= 0.6 is 0 Å². The molecule has 0 saturated carbocycles. The van der Waals surface area contributed by atoms with E-state index >= 15 is 0 Å². The maximum atomic E-state index is 14.5. The summed E-state index contributed by atoms with van der Waals surface area (Å²) < 4.78 is 25.2. The van der Waals surface area contributed by atoms with E-state index in [2.05, 4.69) is 4.98 Å². The van der Waals surface area contributed by atoms with Crippen LogP contribution in [0.3, 0.4) is 0 Å². The minimum absolute atomic E-state index is 0.0640. The second-order valence-electron chi connectivity index (χ2n) is 6.00. The van der Waals surface area contributed by atoms with Crippen molar-refractivity contribution in [3.8, 4) is 17.0 Å². The summed E-state index contributed by atoms with van der Waals surface area (Å²) in [5.74, 6) is -0.702. The third kappa shape index (κ3) is 3.49. The molecule has 1 N–H and O–H groups in total. The van der Waals surface area contributed by atoms with Gasteiger partial charge in [0.15, 0.2) is 5.69 Å². The Morgan fingerprint density at radius 1 is 1.40 bits per heavy atom. The largest absolute Gasteiger partial charge is 0.472 e. The monoisotopic (exact) mass is 345 g/mol. The molecule has 25 heavy (non-hydrogen) atoms. The summed E-state index contributed by atoms with van der Waals surface area (Å²) in [5.41, 5.74) is 2.57. The molecule has 2 aromatic rings. The molecule has 3 rings (SSSR count). The smallest absolute Gasteiger partial charge is 0.357 e. The van der Waals surface area contributed by atoms with Gasteiger partial charge in [0.2, 0.25) is 5.88 Å². The lowest BCUT2D eigenvalue weighted by Gasteiger charge is -2.26. The number of carbonyl (C=O) groups is 1. The van der Waals surface area contributed by atoms with Crippen molar-refractivity contribution in [2.45, 2.75) is 32.8 Å². The van der Waals surface area contributed by atoms with E-state index in [9.17, 15) is 14.3 Å². The summed E-state index contributed by atoms with van der Waals surface area (Å²) >= 11 is 0. The predicted octanol–water partition coefficient (Wildman–Crippen LogP) is 3.06.